The van der Waals surface area contributed by atoms with Crippen LogP contribution in [0.2, 0.25) is 0 Å². The highest BCUT2D eigenvalue weighted by atomic mass is 79.9. The van der Waals surface area contributed by atoms with E-state index in [1.165, 1.54) is 13.5 Å². The van der Waals surface area contributed by atoms with Gasteiger partial charge < -0.3 is 9.84 Å². The van der Waals surface area contributed by atoms with Crippen LogP contribution in [0.1, 0.15) is 38.5 Å². The Hall–Kier alpha value is -0.0900. The summed E-state index contributed by atoms with van der Waals surface area (Å²) >= 11 is 3.53. The number of alkyl halides is 1. The minimum absolute atomic E-state index is 0.0636. The van der Waals surface area contributed by atoms with Gasteiger partial charge in [-0.3, -0.25) is 4.79 Å². The quantitative estimate of drug-likeness (QED) is 0.629. The zero-order valence-electron chi connectivity index (χ0n) is 10.1. The van der Waals surface area contributed by atoms with Gasteiger partial charge >= 0.3 is 5.97 Å². The van der Waals surface area contributed by atoms with Crippen LogP contribution in [0.3, 0.4) is 0 Å². The Balaban J connectivity index is 1.90. The molecule has 4 fully saturated rings. The van der Waals surface area contributed by atoms with E-state index in [2.05, 4.69) is 15.9 Å². The Labute approximate surface area is 110 Å². The van der Waals surface area contributed by atoms with Crippen molar-refractivity contribution in [3.63, 3.8) is 0 Å². The third-order valence-corrected chi connectivity index (χ3v) is 6.37. The van der Waals surface area contributed by atoms with Gasteiger partial charge in [0.15, 0.2) is 0 Å². The van der Waals surface area contributed by atoms with Gasteiger partial charge in [0, 0.05) is 0 Å². The van der Waals surface area contributed by atoms with E-state index in [-0.39, 0.29) is 16.2 Å². The van der Waals surface area contributed by atoms with Crippen molar-refractivity contribution < 1.29 is 14.6 Å². The van der Waals surface area contributed by atoms with Crippen molar-refractivity contribution >= 4 is 21.9 Å². The molecule has 4 heteroatoms. The van der Waals surface area contributed by atoms with Crippen LogP contribution in [0.4, 0.5) is 0 Å². The predicted molar refractivity (Wildman–Crippen MR) is 66.8 cm³/mol. The van der Waals surface area contributed by atoms with Gasteiger partial charge in [-0.05, 0) is 55.8 Å². The molecule has 4 aliphatic carbocycles. The Morgan fingerprint density at radius 2 is 1.94 bits per heavy atom. The minimum atomic E-state index is -0.510. The van der Waals surface area contributed by atoms with Gasteiger partial charge in [0.25, 0.3) is 0 Å². The molecule has 4 bridgehead atoms. The molecule has 0 aliphatic heterocycles. The molecule has 17 heavy (non-hydrogen) atoms. The molecule has 0 aromatic rings. The van der Waals surface area contributed by atoms with Gasteiger partial charge in [0.2, 0.25) is 0 Å². The van der Waals surface area contributed by atoms with E-state index in [9.17, 15) is 9.90 Å². The first-order valence-corrected chi connectivity index (χ1v) is 7.32. The lowest BCUT2D eigenvalue weighted by Crippen LogP contribution is -2.59. The van der Waals surface area contributed by atoms with Crippen LogP contribution in [0.25, 0.3) is 0 Å². The third-order valence-electron chi connectivity index (χ3n) is 5.02. The molecule has 4 aliphatic rings. The monoisotopic (exact) mass is 302 g/mol. The van der Waals surface area contributed by atoms with Gasteiger partial charge in [-0.15, -0.1) is 0 Å². The van der Waals surface area contributed by atoms with Crippen molar-refractivity contribution in [1.82, 2.24) is 0 Å². The molecule has 0 aromatic carbocycles. The van der Waals surface area contributed by atoms with E-state index in [0.717, 1.165) is 32.1 Å². The van der Waals surface area contributed by atoms with E-state index in [1.54, 1.807) is 0 Å². The summed E-state index contributed by atoms with van der Waals surface area (Å²) in [7, 11) is 1.44. The Bertz CT molecular complexity index is 341. The van der Waals surface area contributed by atoms with Gasteiger partial charge in [-0.2, -0.15) is 0 Å². The molecule has 4 saturated carbocycles. The molecule has 96 valence electrons. The Morgan fingerprint density at radius 1 is 1.35 bits per heavy atom. The van der Waals surface area contributed by atoms with Gasteiger partial charge in [-0.1, -0.05) is 15.9 Å². The molecule has 0 aromatic heterocycles. The predicted octanol–water partition coefficient (Wildman–Crippen LogP) is 2.25. The standard InChI is InChI=1S/C13H19BrO3/c1-17-11(15)10(14)12-3-8-2-9(4-12)6-13(16,5-8)7-12/h8-10,16H,2-7H2,1H3/t8-,9-,10+,12?,13?/m0/s1. The van der Waals surface area contributed by atoms with Crippen molar-refractivity contribution in [2.45, 2.75) is 49.0 Å². The van der Waals surface area contributed by atoms with Crippen LogP contribution >= 0.6 is 15.9 Å². The number of rotatable bonds is 2. The fourth-order valence-corrected chi connectivity index (χ4v) is 5.66. The van der Waals surface area contributed by atoms with Crippen molar-refractivity contribution in [3.05, 3.63) is 0 Å². The van der Waals surface area contributed by atoms with Crippen LogP contribution in [0.5, 0.6) is 0 Å². The number of ether oxygens (including phenoxy) is 1. The highest BCUT2D eigenvalue weighted by Crippen LogP contribution is 2.63. The maximum absolute atomic E-state index is 11.8. The lowest BCUT2D eigenvalue weighted by atomic mass is 9.47. The summed E-state index contributed by atoms with van der Waals surface area (Å²) < 4.78 is 4.87. The van der Waals surface area contributed by atoms with Crippen molar-refractivity contribution in [1.29, 1.82) is 0 Å². The normalized spacial score (nSPS) is 49.1. The average molecular weight is 303 g/mol. The van der Waals surface area contributed by atoms with Crippen LogP contribution in [0, 0.1) is 17.3 Å². The number of carbonyl (C=O) groups is 1. The molecule has 0 unspecified atom stereocenters. The molecule has 4 rings (SSSR count). The molecule has 0 heterocycles. The number of methoxy groups -OCH3 is 1. The summed E-state index contributed by atoms with van der Waals surface area (Å²) in [6.07, 6.45) is 6.01. The number of hydrogen-bond donors (Lipinski definition) is 1. The van der Waals surface area contributed by atoms with Gasteiger partial charge in [-0.25, -0.2) is 0 Å². The number of halogens is 1. The minimum Gasteiger partial charge on any atom is -0.468 e. The molecule has 1 N–H and O–H groups in total. The summed E-state index contributed by atoms with van der Waals surface area (Å²) in [5.41, 5.74) is -0.573. The highest BCUT2D eigenvalue weighted by molar-refractivity contribution is 9.10. The Kier molecular flexibility index (Phi) is 2.61. The third kappa shape index (κ3) is 1.75. The first-order valence-electron chi connectivity index (χ1n) is 6.41. The summed E-state index contributed by atoms with van der Waals surface area (Å²) in [6.45, 7) is 0. The maximum atomic E-state index is 11.8. The first kappa shape index (κ1) is 12.0. The van der Waals surface area contributed by atoms with E-state index < -0.39 is 5.60 Å². The second-order valence-electron chi connectivity index (χ2n) is 6.43. The summed E-state index contributed by atoms with van der Waals surface area (Å²) in [6, 6.07) is 0. The molecule has 0 amide bonds. The van der Waals surface area contributed by atoms with Crippen molar-refractivity contribution in [2.75, 3.05) is 7.11 Å². The van der Waals surface area contributed by atoms with Crippen LogP contribution in [-0.4, -0.2) is 28.6 Å². The van der Waals surface area contributed by atoms with E-state index >= 15 is 0 Å². The first-order chi connectivity index (χ1) is 7.96. The molecule has 0 spiro atoms. The maximum Gasteiger partial charge on any atom is 0.320 e. The Morgan fingerprint density at radius 3 is 2.41 bits per heavy atom. The van der Waals surface area contributed by atoms with E-state index in [4.69, 9.17) is 4.74 Å². The second kappa shape index (κ2) is 3.70. The van der Waals surface area contributed by atoms with Gasteiger partial charge in [0.05, 0.1) is 12.7 Å². The zero-order valence-corrected chi connectivity index (χ0v) is 11.7. The van der Waals surface area contributed by atoms with E-state index in [0.29, 0.717) is 11.8 Å². The number of carbonyl (C=O) groups excluding carboxylic acids is 1. The smallest absolute Gasteiger partial charge is 0.320 e. The molecule has 3 atom stereocenters. The van der Waals surface area contributed by atoms with Crippen LogP contribution in [-0.2, 0) is 9.53 Å². The summed E-state index contributed by atoms with van der Waals surface area (Å²) in [5.74, 6) is 1.02. The van der Waals surface area contributed by atoms with E-state index in [1.807, 2.05) is 0 Å². The van der Waals surface area contributed by atoms with Crippen LogP contribution in [0.15, 0.2) is 0 Å². The molecule has 0 radical (unpaired) electrons. The lowest BCUT2D eigenvalue weighted by molar-refractivity contribution is -0.172. The number of aliphatic hydroxyl groups is 1. The molecule has 0 saturated heterocycles. The highest BCUT2D eigenvalue weighted by Gasteiger charge is 2.60. The van der Waals surface area contributed by atoms with Crippen LogP contribution < -0.4 is 0 Å². The number of esters is 1. The average Bonchev–Trinajstić information content (AvgIpc) is 2.23. The summed E-state index contributed by atoms with van der Waals surface area (Å²) in [5, 5.41) is 10.6. The molecule has 3 nitrogen and oxygen atoms in total. The zero-order chi connectivity index (χ0) is 12.3. The number of hydrogen-bond acceptors (Lipinski definition) is 3. The fraction of sp³-hybridized carbons (Fsp3) is 0.923. The largest absolute Gasteiger partial charge is 0.468 e. The van der Waals surface area contributed by atoms with Crippen molar-refractivity contribution in [3.8, 4) is 0 Å². The van der Waals surface area contributed by atoms with Gasteiger partial charge in [0.1, 0.15) is 4.83 Å². The van der Waals surface area contributed by atoms with Crippen molar-refractivity contribution in [2.24, 2.45) is 17.3 Å². The fourth-order valence-electron chi connectivity index (χ4n) is 4.93. The molecular weight excluding hydrogens is 284 g/mol. The second-order valence-corrected chi connectivity index (χ2v) is 7.35. The molecular formula is C13H19BrO3. The topological polar surface area (TPSA) is 46.5 Å². The SMILES string of the molecule is COC(=O)[C@@H](Br)C12C[C@@H]3C[C@H](CC(O)(C3)C1)C2. The summed E-state index contributed by atoms with van der Waals surface area (Å²) in [4.78, 5) is 11.5. The lowest BCUT2D eigenvalue weighted by Gasteiger charge is -2.61.